The summed E-state index contributed by atoms with van der Waals surface area (Å²) >= 11 is 1.93. The van der Waals surface area contributed by atoms with E-state index in [1.807, 2.05) is 11.8 Å². The van der Waals surface area contributed by atoms with Gasteiger partial charge in [-0.25, -0.2) is 0 Å². The van der Waals surface area contributed by atoms with Crippen molar-refractivity contribution in [2.24, 2.45) is 11.8 Å². The van der Waals surface area contributed by atoms with Gasteiger partial charge in [0.1, 0.15) is 0 Å². The molecule has 256 valence electrons. The Hall–Kier alpha value is -0.710. The van der Waals surface area contributed by atoms with Crippen LogP contribution in [0.5, 0.6) is 0 Å². The van der Waals surface area contributed by atoms with Gasteiger partial charge < -0.3 is 9.47 Å². The first kappa shape index (κ1) is 42.3. The summed E-state index contributed by atoms with van der Waals surface area (Å²) in [5.41, 5.74) is 0. The Morgan fingerprint density at radius 3 is 1.05 bits per heavy atom. The third-order valence-electron chi connectivity index (χ3n) is 8.22. The van der Waals surface area contributed by atoms with Crippen molar-refractivity contribution < 1.29 is 19.1 Å². The number of hydrogen-bond acceptors (Lipinski definition) is 5. The first-order valence-corrected chi connectivity index (χ1v) is 20.0. The molecule has 0 saturated heterocycles. The molecule has 0 aliphatic heterocycles. The van der Waals surface area contributed by atoms with Crippen LogP contribution in [0.3, 0.4) is 0 Å². The Morgan fingerprint density at radius 1 is 0.419 bits per heavy atom. The maximum absolute atomic E-state index is 11.9. The number of esters is 2. The summed E-state index contributed by atoms with van der Waals surface area (Å²) in [7, 11) is 0. The molecule has 0 aliphatic rings. The first-order valence-electron chi connectivity index (χ1n) is 18.8. The zero-order valence-electron chi connectivity index (χ0n) is 29.4. The van der Waals surface area contributed by atoms with Crippen LogP contribution < -0.4 is 0 Å². The van der Waals surface area contributed by atoms with Crippen molar-refractivity contribution in [3.8, 4) is 0 Å². The van der Waals surface area contributed by atoms with Crippen molar-refractivity contribution in [1.82, 2.24) is 0 Å². The van der Waals surface area contributed by atoms with Gasteiger partial charge in [-0.05, 0) is 61.9 Å². The summed E-state index contributed by atoms with van der Waals surface area (Å²) in [5.74, 6) is 3.77. The molecule has 0 aliphatic carbocycles. The van der Waals surface area contributed by atoms with Crippen LogP contribution in [0.1, 0.15) is 195 Å². The molecule has 0 aromatic heterocycles. The Kier molecular flexibility index (Phi) is 33.6. The average Bonchev–Trinajstić information content (AvgIpc) is 2.97. The lowest BCUT2D eigenvalue weighted by Gasteiger charge is -2.06. The molecular formula is C38H74O4S. The van der Waals surface area contributed by atoms with E-state index in [0.717, 1.165) is 61.9 Å². The third-order valence-corrected chi connectivity index (χ3v) is 9.37. The monoisotopic (exact) mass is 627 g/mol. The van der Waals surface area contributed by atoms with E-state index in [0.29, 0.717) is 26.1 Å². The highest BCUT2D eigenvalue weighted by Gasteiger charge is 2.05. The quantitative estimate of drug-likeness (QED) is 0.0525. The second-order valence-electron chi connectivity index (χ2n) is 13.7. The predicted molar refractivity (Wildman–Crippen MR) is 189 cm³/mol. The maximum Gasteiger partial charge on any atom is 0.305 e. The molecule has 4 nitrogen and oxygen atoms in total. The van der Waals surface area contributed by atoms with Gasteiger partial charge in [-0.1, -0.05) is 143 Å². The normalized spacial score (nSPS) is 11.5. The summed E-state index contributed by atoms with van der Waals surface area (Å²) in [5, 5.41) is 0. The third kappa shape index (κ3) is 37.4. The van der Waals surface area contributed by atoms with Crippen LogP contribution in [0.2, 0.25) is 0 Å². The van der Waals surface area contributed by atoms with Crippen LogP contribution in [-0.2, 0) is 19.1 Å². The number of carbonyl (C=O) groups excluding carboxylic acids is 2. The zero-order valence-corrected chi connectivity index (χ0v) is 30.2. The van der Waals surface area contributed by atoms with E-state index in [2.05, 4.69) is 27.7 Å². The van der Waals surface area contributed by atoms with Crippen LogP contribution in [0.25, 0.3) is 0 Å². The number of carbonyl (C=O) groups is 2. The molecule has 0 aromatic carbocycles. The van der Waals surface area contributed by atoms with Crippen molar-refractivity contribution in [3.63, 3.8) is 0 Å². The molecule has 0 radical (unpaired) electrons. The van der Waals surface area contributed by atoms with Gasteiger partial charge in [-0.15, -0.1) is 0 Å². The minimum Gasteiger partial charge on any atom is -0.466 e. The first-order chi connectivity index (χ1) is 20.9. The minimum atomic E-state index is -0.0344. The van der Waals surface area contributed by atoms with Crippen LogP contribution in [-0.4, -0.2) is 36.7 Å². The van der Waals surface area contributed by atoms with Crippen LogP contribution in [0.4, 0.5) is 0 Å². The SMILES string of the molecule is CC(C)CCCCCCCCCCCOC(=O)CCCCSCCCCC(=O)OCCCCCCCCCCCC(C)C. The second kappa shape index (κ2) is 34.2. The fourth-order valence-corrected chi connectivity index (χ4v) is 6.37. The fraction of sp³-hybridized carbons (Fsp3) is 0.947. The van der Waals surface area contributed by atoms with E-state index in [9.17, 15) is 9.59 Å². The molecule has 43 heavy (non-hydrogen) atoms. The topological polar surface area (TPSA) is 52.6 Å². The minimum absolute atomic E-state index is 0.0344. The number of hydrogen-bond donors (Lipinski definition) is 0. The van der Waals surface area contributed by atoms with Gasteiger partial charge in [0.2, 0.25) is 0 Å². The lowest BCUT2D eigenvalue weighted by atomic mass is 10.0. The zero-order chi connectivity index (χ0) is 31.6. The molecule has 0 fully saturated rings. The smallest absolute Gasteiger partial charge is 0.305 e. The number of rotatable bonds is 34. The number of unbranched alkanes of at least 4 members (excludes halogenated alkanes) is 18. The molecule has 0 bridgehead atoms. The largest absolute Gasteiger partial charge is 0.466 e. The van der Waals surface area contributed by atoms with Gasteiger partial charge in [0.15, 0.2) is 0 Å². The van der Waals surface area contributed by atoms with Gasteiger partial charge in [0, 0.05) is 12.8 Å². The number of thioether (sulfide) groups is 1. The average molecular weight is 627 g/mol. The standard InChI is InChI=1S/C38H74O4S/c1-35(2)27-19-15-11-7-5-9-13-17-23-31-41-37(39)29-21-25-33-43-34-26-22-30-38(40)42-32-24-18-14-10-6-8-12-16-20-28-36(3)4/h35-36H,5-34H2,1-4H3. The van der Waals surface area contributed by atoms with Crippen molar-refractivity contribution in [3.05, 3.63) is 0 Å². The Bertz CT molecular complexity index is 542. The molecule has 0 aromatic rings. The number of ether oxygens (including phenoxy) is 2. The molecule has 0 rings (SSSR count). The molecular weight excluding hydrogens is 552 g/mol. The predicted octanol–water partition coefficient (Wildman–Crippen LogP) is 12.3. The van der Waals surface area contributed by atoms with E-state index in [4.69, 9.17) is 9.47 Å². The molecule has 5 heteroatoms. The van der Waals surface area contributed by atoms with Crippen LogP contribution in [0, 0.1) is 11.8 Å². The highest BCUT2D eigenvalue weighted by molar-refractivity contribution is 7.99. The highest BCUT2D eigenvalue weighted by Crippen LogP contribution is 2.15. The van der Waals surface area contributed by atoms with Gasteiger partial charge in [-0.3, -0.25) is 9.59 Å². The molecule has 0 spiro atoms. The van der Waals surface area contributed by atoms with E-state index >= 15 is 0 Å². The molecule has 0 N–H and O–H groups in total. The van der Waals surface area contributed by atoms with Gasteiger partial charge in [0.05, 0.1) is 13.2 Å². The Labute approximate surface area is 273 Å². The Morgan fingerprint density at radius 2 is 0.721 bits per heavy atom. The van der Waals surface area contributed by atoms with E-state index < -0.39 is 0 Å². The molecule has 0 unspecified atom stereocenters. The van der Waals surface area contributed by atoms with Crippen molar-refractivity contribution >= 4 is 23.7 Å². The van der Waals surface area contributed by atoms with Gasteiger partial charge >= 0.3 is 11.9 Å². The molecule has 0 heterocycles. The fourth-order valence-electron chi connectivity index (χ4n) is 5.35. The van der Waals surface area contributed by atoms with Crippen LogP contribution in [0.15, 0.2) is 0 Å². The summed E-state index contributed by atoms with van der Waals surface area (Å²) in [6.07, 6.45) is 31.1. The van der Waals surface area contributed by atoms with Crippen molar-refractivity contribution in [2.45, 2.75) is 195 Å². The molecule has 0 atom stereocenters. The Balaban J connectivity index is 3.25. The van der Waals surface area contributed by atoms with Gasteiger partial charge in [0.25, 0.3) is 0 Å². The summed E-state index contributed by atoms with van der Waals surface area (Å²) in [6, 6.07) is 0. The summed E-state index contributed by atoms with van der Waals surface area (Å²) in [6.45, 7) is 10.4. The van der Waals surface area contributed by atoms with Crippen molar-refractivity contribution in [1.29, 1.82) is 0 Å². The van der Waals surface area contributed by atoms with E-state index in [1.54, 1.807) is 0 Å². The van der Waals surface area contributed by atoms with E-state index in [1.165, 1.54) is 116 Å². The second-order valence-corrected chi connectivity index (χ2v) is 14.9. The van der Waals surface area contributed by atoms with Crippen molar-refractivity contribution in [2.75, 3.05) is 24.7 Å². The van der Waals surface area contributed by atoms with E-state index in [-0.39, 0.29) is 11.9 Å². The highest BCUT2D eigenvalue weighted by atomic mass is 32.2. The lowest BCUT2D eigenvalue weighted by Crippen LogP contribution is -2.06. The lowest BCUT2D eigenvalue weighted by molar-refractivity contribution is -0.144. The molecule has 0 amide bonds. The van der Waals surface area contributed by atoms with Gasteiger partial charge in [-0.2, -0.15) is 11.8 Å². The maximum atomic E-state index is 11.9. The van der Waals surface area contributed by atoms with Crippen LogP contribution >= 0.6 is 11.8 Å². The summed E-state index contributed by atoms with van der Waals surface area (Å²) in [4.78, 5) is 23.8. The summed E-state index contributed by atoms with van der Waals surface area (Å²) < 4.78 is 10.8. The molecule has 0 saturated carbocycles.